The summed E-state index contributed by atoms with van der Waals surface area (Å²) in [6.45, 7) is 7.63. The summed E-state index contributed by atoms with van der Waals surface area (Å²) in [5.74, 6) is -0.00853. The van der Waals surface area contributed by atoms with Crippen LogP contribution in [0.3, 0.4) is 0 Å². The fourth-order valence-electron chi connectivity index (χ4n) is 5.72. The summed E-state index contributed by atoms with van der Waals surface area (Å²) in [4.78, 5) is 32.4. The molecule has 2 atom stereocenters. The van der Waals surface area contributed by atoms with Crippen LogP contribution in [-0.2, 0) is 11.3 Å². The van der Waals surface area contributed by atoms with Crippen LogP contribution in [0.1, 0.15) is 40.0 Å². The fraction of sp³-hybridized carbons (Fsp3) is 0.500. The Morgan fingerprint density at radius 3 is 2.86 bits per heavy atom. The second-order valence-electron chi connectivity index (χ2n) is 9.69. The number of likely N-dealkylation sites (tertiary alicyclic amines) is 1. The van der Waals surface area contributed by atoms with Gasteiger partial charge in [0.2, 0.25) is 11.5 Å². The van der Waals surface area contributed by atoms with E-state index in [4.69, 9.17) is 4.42 Å². The molecule has 0 spiro atoms. The number of para-hydroxylation sites is 1. The molecule has 1 amide bonds. The van der Waals surface area contributed by atoms with Crippen LogP contribution in [0.25, 0.3) is 22.1 Å². The van der Waals surface area contributed by atoms with Crippen molar-refractivity contribution >= 4 is 28.0 Å². The van der Waals surface area contributed by atoms with E-state index in [1.165, 1.54) is 10.9 Å². The third kappa shape index (κ3) is 2.65. The first kappa shape index (κ1) is 17.5. The minimum absolute atomic E-state index is 0.00578. The first-order valence-corrected chi connectivity index (χ1v) is 9.91. The lowest BCUT2D eigenvalue weighted by atomic mass is 9.65. The standard InChI is InChI=1S/C22H25N3O3/c1-21(2)8-14-9-22(3,11-21)12-25(14)17(26)10-24-13-23-18-15-6-4-5-7-16(15)28-19(18)20(24)27/h4-7,13-14H,8-12H2,1-3H3/t14-,22-/m0/s1. The molecule has 1 aromatic carbocycles. The van der Waals surface area contributed by atoms with E-state index in [0.29, 0.717) is 11.1 Å². The van der Waals surface area contributed by atoms with E-state index in [9.17, 15) is 9.59 Å². The van der Waals surface area contributed by atoms with E-state index in [0.717, 1.165) is 31.2 Å². The molecule has 5 rings (SSSR count). The second-order valence-corrected chi connectivity index (χ2v) is 9.69. The monoisotopic (exact) mass is 379 g/mol. The van der Waals surface area contributed by atoms with Gasteiger partial charge in [-0.25, -0.2) is 4.98 Å². The van der Waals surface area contributed by atoms with Crippen molar-refractivity contribution in [3.8, 4) is 0 Å². The predicted molar refractivity (Wildman–Crippen MR) is 107 cm³/mol. The summed E-state index contributed by atoms with van der Waals surface area (Å²) in [5.41, 5.74) is 1.52. The molecule has 3 heterocycles. The van der Waals surface area contributed by atoms with Crippen molar-refractivity contribution in [1.82, 2.24) is 14.5 Å². The molecule has 1 aliphatic carbocycles. The molecule has 0 N–H and O–H groups in total. The zero-order chi connectivity index (χ0) is 19.7. The third-order valence-electron chi connectivity index (χ3n) is 6.39. The molecule has 146 valence electrons. The highest BCUT2D eigenvalue weighted by molar-refractivity contribution is 6.01. The largest absolute Gasteiger partial charge is 0.448 e. The normalized spacial score (nSPS) is 26.2. The van der Waals surface area contributed by atoms with Crippen molar-refractivity contribution in [2.75, 3.05) is 6.54 Å². The van der Waals surface area contributed by atoms with Crippen molar-refractivity contribution in [2.24, 2.45) is 10.8 Å². The number of benzene rings is 1. The maximum Gasteiger partial charge on any atom is 0.297 e. The Hall–Kier alpha value is -2.63. The van der Waals surface area contributed by atoms with Gasteiger partial charge in [0.05, 0.1) is 6.33 Å². The lowest BCUT2D eigenvalue weighted by Gasteiger charge is -2.39. The van der Waals surface area contributed by atoms with Gasteiger partial charge in [-0.2, -0.15) is 0 Å². The van der Waals surface area contributed by atoms with Gasteiger partial charge in [-0.05, 0) is 42.2 Å². The van der Waals surface area contributed by atoms with Crippen molar-refractivity contribution in [2.45, 2.75) is 52.6 Å². The van der Waals surface area contributed by atoms with Crippen molar-refractivity contribution < 1.29 is 9.21 Å². The molecule has 28 heavy (non-hydrogen) atoms. The molecular formula is C22H25N3O3. The van der Waals surface area contributed by atoms with Crippen LogP contribution in [0, 0.1) is 10.8 Å². The Morgan fingerprint density at radius 2 is 2.04 bits per heavy atom. The van der Waals surface area contributed by atoms with Crippen LogP contribution in [0.2, 0.25) is 0 Å². The number of hydrogen-bond acceptors (Lipinski definition) is 4. The lowest BCUT2D eigenvalue weighted by molar-refractivity contribution is -0.133. The summed E-state index contributed by atoms with van der Waals surface area (Å²) in [6.07, 6.45) is 4.67. The molecule has 0 radical (unpaired) electrons. The topological polar surface area (TPSA) is 68.3 Å². The minimum Gasteiger partial charge on any atom is -0.448 e. The molecule has 2 fully saturated rings. The van der Waals surface area contributed by atoms with Gasteiger partial charge in [0.1, 0.15) is 17.6 Å². The molecule has 0 unspecified atom stereocenters. The van der Waals surface area contributed by atoms with Crippen molar-refractivity contribution in [1.29, 1.82) is 0 Å². The smallest absolute Gasteiger partial charge is 0.297 e. The highest BCUT2D eigenvalue weighted by atomic mass is 16.3. The third-order valence-corrected chi connectivity index (χ3v) is 6.39. The zero-order valence-corrected chi connectivity index (χ0v) is 16.6. The number of carbonyl (C=O) groups excluding carboxylic acids is 1. The summed E-state index contributed by atoms with van der Waals surface area (Å²) >= 11 is 0. The Morgan fingerprint density at radius 1 is 1.25 bits per heavy atom. The van der Waals surface area contributed by atoms with Gasteiger partial charge < -0.3 is 9.32 Å². The van der Waals surface area contributed by atoms with Gasteiger partial charge in [-0.15, -0.1) is 0 Å². The average molecular weight is 379 g/mol. The van der Waals surface area contributed by atoms with E-state index in [-0.39, 0.29) is 40.5 Å². The number of hydrogen-bond donors (Lipinski definition) is 0. The van der Waals surface area contributed by atoms with E-state index in [2.05, 4.69) is 25.8 Å². The fourth-order valence-corrected chi connectivity index (χ4v) is 5.72. The van der Waals surface area contributed by atoms with Gasteiger partial charge in [0.25, 0.3) is 5.56 Å². The number of carbonyl (C=O) groups is 1. The van der Waals surface area contributed by atoms with Crippen LogP contribution in [-0.4, -0.2) is 32.9 Å². The molecular weight excluding hydrogens is 354 g/mol. The summed E-state index contributed by atoms with van der Waals surface area (Å²) < 4.78 is 7.10. The van der Waals surface area contributed by atoms with Gasteiger partial charge in [-0.1, -0.05) is 32.9 Å². The van der Waals surface area contributed by atoms with E-state index in [1.54, 1.807) is 0 Å². The van der Waals surface area contributed by atoms with Gasteiger partial charge >= 0.3 is 0 Å². The van der Waals surface area contributed by atoms with Crippen molar-refractivity contribution in [3.63, 3.8) is 0 Å². The average Bonchev–Trinajstić information content (AvgIpc) is 3.11. The number of furan rings is 1. The molecule has 1 saturated carbocycles. The quantitative estimate of drug-likeness (QED) is 0.683. The number of rotatable bonds is 2. The molecule has 2 bridgehead atoms. The number of aromatic nitrogens is 2. The molecule has 2 aliphatic rings. The zero-order valence-electron chi connectivity index (χ0n) is 16.6. The first-order chi connectivity index (χ1) is 13.2. The maximum atomic E-state index is 13.1. The van der Waals surface area contributed by atoms with E-state index in [1.807, 2.05) is 29.2 Å². The summed E-state index contributed by atoms with van der Waals surface area (Å²) in [7, 11) is 0. The Labute approximate surface area is 163 Å². The van der Waals surface area contributed by atoms with Gasteiger partial charge in [0.15, 0.2) is 0 Å². The number of fused-ring (bicyclic) bond motifs is 5. The van der Waals surface area contributed by atoms with E-state index < -0.39 is 0 Å². The van der Waals surface area contributed by atoms with Crippen LogP contribution in [0.4, 0.5) is 0 Å². The second kappa shape index (κ2) is 5.69. The van der Waals surface area contributed by atoms with E-state index >= 15 is 0 Å². The van der Waals surface area contributed by atoms with Crippen LogP contribution >= 0.6 is 0 Å². The predicted octanol–water partition coefficient (Wildman–Crippen LogP) is 3.57. The molecule has 6 nitrogen and oxygen atoms in total. The Balaban J connectivity index is 1.46. The number of nitrogens with zero attached hydrogens (tertiary/aromatic N) is 3. The van der Waals surface area contributed by atoms with Crippen LogP contribution in [0.15, 0.2) is 39.8 Å². The molecule has 6 heteroatoms. The SMILES string of the molecule is CC1(C)C[C@H]2C[C@](C)(CN2C(=O)Cn2cnc3c(oc4ccccc43)c2=O)C1. The molecule has 3 aromatic rings. The minimum atomic E-state index is -0.303. The Bertz CT molecular complexity index is 1160. The van der Waals surface area contributed by atoms with Gasteiger partial charge in [0, 0.05) is 18.0 Å². The first-order valence-electron chi connectivity index (χ1n) is 9.91. The highest BCUT2D eigenvalue weighted by Crippen LogP contribution is 2.52. The molecule has 2 aromatic heterocycles. The van der Waals surface area contributed by atoms with Gasteiger partial charge in [-0.3, -0.25) is 14.2 Å². The molecule has 1 aliphatic heterocycles. The van der Waals surface area contributed by atoms with Crippen LogP contribution in [0.5, 0.6) is 0 Å². The lowest BCUT2D eigenvalue weighted by Crippen LogP contribution is -2.40. The number of amides is 1. The summed E-state index contributed by atoms with van der Waals surface area (Å²) in [6, 6.07) is 7.72. The summed E-state index contributed by atoms with van der Waals surface area (Å²) in [5, 5.41) is 0.816. The highest BCUT2D eigenvalue weighted by Gasteiger charge is 2.50. The Kier molecular flexibility index (Phi) is 3.55. The maximum absolute atomic E-state index is 13.1. The molecule has 1 saturated heterocycles. The van der Waals surface area contributed by atoms with Crippen molar-refractivity contribution in [3.05, 3.63) is 40.9 Å². The van der Waals surface area contributed by atoms with Crippen LogP contribution < -0.4 is 5.56 Å².